The second-order valence-corrected chi connectivity index (χ2v) is 7.68. The molecule has 0 saturated heterocycles. The van der Waals surface area contributed by atoms with Crippen molar-refractivity contribution in [1.29, 1.82) is 0 Å². The summed E-state index contributed by atoms with van der Waals surface area (Å²) in [6, 6.07) is 7.29. The summed E-state index contributed by atoms with van der Waals surface area (Å²) in [7, 11) is -1.97. The minimum atomic E-state index is -3.55. The number of aliphatic imine (C=N–C) groups is 1. The highest BCUT2D eigenvalue weighted by molar-refractivity contribution is 8.00. The Morgan fingerprint density at radius 1 is 1.13 bits per heavy atom. The van der Waals surface area contributed by atoms with Gasteiger partial charge in [-0.15, -0.1) is 0 Å². The highest BCUT2D eigenvalue weighted by Crippen LogP contribution is 2.31. The SMILES string of the molecule is COc1ccc(C2=C(C)C(=NC3CCCCC3)NS2(=O)=O)cc1. The van der Waals surface area contributed by atoms with Gasteiger partial charge in [-0.25, -0.2) is 8.42 Å². The number of rotatable bonds is 3. The van der Waals surface area contributed by atoms with E-state index in [4.69, 9.17) is 4.74 Å². The maximum absolute atomic E-state index is 12.5. The number of sulfonamides is 1. The van der Waals surface area contributed by atoms with Gasteiger partial charge in [-0.2, -0.15) is 0 Å². The third-order valence-electron chi connectivity index (χ3n) is 4.43. The van der Waals surface area contributed by atoms with Gasteiger partial charge in [0.15, 0.2) is 0 Å². The number of ether oxygens (including phenoxy) is 1. The Kier molecular flexibility index (Phi) is 4.43. The van der Waals surface area contributed by atoms with Gasteiger partial charge in [-0.05, 0) is 49.6 Å². The number of hydrogen-bond donors (Lipinski definition) is 1. The van der Waals surface area contributed by atoms with Gasteiger partial charge in [-0.3, -0.25) is 9.71 Å². The molecule has 1 saturated carbocycles. The molecule has 3 rings (SSSR count). The maximum Gasteiger partial charge on any atom is 0.264 e. The smallest absolute Gasteiger partial charge is 0.264 e. The molecule has 0 aromatic heterocycles. The van der Waals surface area contributed by atoms with Gasteiger partial charge in [0.05, 0.1) is 13.2 Å². The molecule has 0 bridgehead atoms. The number of amidine groups is 1. The van der Waals surface area contributed by atoms with Gasteiger partial charge < -0.3 is 4.74 Å². The quantitative estimate of drug-likeness (QED) is 0.923. The second-order valence-electron chi connectivity index (χ2n) is 6.06. The van der Waals surface area contributed by atoms with Crippen LogP contribution in [0.2, 0.25) is 0 Å². The Hall–Kier alpha value is -1.82. The number of nitrogens with zero attached hydrogens (tertiary/aromatic N) is 1. The summed E-state index contributed by atoms with van der Waals surface area (Å²) in [5.74, 6) is 1.20. The Labute approximate surface area is 137 Å². The molecule has 0 radical (unpaired) electrons. The summed E-state index contributed by atoms with van der Waals surface area (Å²) in [5, 5.41) is 0. The van der Waals surface area contributed by atoms with Crippen LogP contribution in [-0.2, 0) is 10.0 Å². The van der Waals surface area contributed by atoms with E-state index in [9.17, 15) is 8.42 Å². The Morgan fingerprint density at radius 3 is 2.39 bits per heavy atom. The highest BCUT2D eigenvalue weighted by Gasteiger charge is 2.33. The van der Waals surface area contributed by atoms with Crippen LogP contribution in [0.1, 0.15) is 44.6 Å². The van der Waals surface area contributed by atoms with Crippen molar-refractivity contribution in [2.24, 2.45) is 4.99 Å². The van der Waals surface area contributed by atoms with Gasteiger partial charge in [0.1, 0.15) is 16.5 Å². The van der Waals surface area contributed by atoms with Crippen molar-refractivity contribution >= 4 is 20.8 Å². The molecule has 0 atom stereocenters. The van der Waals surface area contributed by atoms with Crippen LogP contribution in [0.25, 0.3) is 4.91 Å². The molecule has 124 valence electrons. The minimum absolute atomic E-state index is 0.228. The molecule has 2 aliphatic rings. The summed E-state index contributed by atoms with van der Waals surface area (Å²) >= 11 is 0. The van der Waals surface area contributed by atoms with E-state index in [1.165, 1.54) is 19.3 Å². The van der Waals surface area contributed by atoms with E-state index in [-0.39, 0.29) is 6.04 Å². The first-order valence-corrected chi connectivity index (χ1v) is 9.46. The number of methoxy groups -OCH3 is 1. The van der Waals surface area contributed by atoms with Crippen LogP contribution < -0.4 is 9.46 Å². The predicted octanol–water partition coefficient (Wildman–Crippen LogP) is 3.09. The topological polar surface area (TPSA) is 67.8 Å². The van der Waals surface area contributed by atoms with Crippen molar-refractivity contribution in [3.8, 4) is 5.75 Å². The van der Waals surface area contributed by atoms with E-state index in [0.717, 1.165) is 12.8 Å². The third kappa shape index (κ3) is 3.27. The summed E-state index contributed by atoms with van der Waals surface area (Å²) in [5.41, 5.74) is 1.35. The molecule has 1 aliphatic heterocycles. The van der Waals surface area contributed by atoms with Crippen molar-refractivity contribution in [2.45, 2.75) is 45.1 Å². The standard InChI is InChI=1S/C17H22N2O3S/c1-12-16(13-8-10-15(22-2)11-9-13)23(20,21)19-17(12)18-14-6-4-3-5-7-14/h8-11,14H,3-7H2,1-2H3,(H,18,19). The first kappa shape index (κ1) is 16.1. The average molecular weight is 334 g/mol. The average Bonchev–Trinajstić information content (AvgIpc) is 2.77. The van der Waals surface area contributed by atoms with Gasteiger partial charge in [0.2, 0.25) is 0 Å². The Balaban J connectivity index is 1.96. The fraction of sp³-hybridized carbons (Fsp3) is 0.471. The fourth-order valence-electron chi connectivity index (χ4n) is 3.19. The molecule has 6 heteroatoms. The van der Waals surface area contributed by atoms with Crippen LogP contribution in [0.3, 0.4) is 0 Å². The zero-order valence-corrected chi connectivity index (χ0v) is 14.3. The lowest BCUT2D eigenvalue weighted by Gasteiger charge is -2.18. The van der Waals surface area contributed by atoms with Crippen LogP contribution in [0, 0.1) is 0 Å². The lowest BCUT2D eigenvalue weighted by Crippen LogP contribution is -2.25. The van der Waals surface area contributed by atoms with E-state index in [2.05, 4.69) is 9.71 Å². The van der Waals surface area contributed by atoms with Gasteiger partial charge in [0, 0.05) is 5.57 Å². The molecule has 0 unspecified atom stereocenters. The van der Waals surface area contributed by atoms with Crippen molar-refractivity contribution in [3.05, 3.63) is 35.4 Å². The van der Waals surface area contributed by atoms with E-state index in [1.807, 2.05) is 6.92 Å². The first-order valence-electron chi connectivity index (χ1n) is 7.97. The van der Waals surface area contributed by atoms with E-state index < -0.39 is 10.0 Å². The van der Waals surface area contributed by atoms with Gasteiger partial charge in [-0.1, -0.05) is 19.3 Å². The molecule has 1 N–H and O–H groups in total. The van der Waals surface area contributed by atoms with Crippen LogP contribution in [-0.4, -0.2) is 27.4 Å². The number of benzene rings is 1. The van der Waals surface area contributed by atoms with Crippen LogP contribution in [0.4, 0.5) is 0 Å². The molecule has 1 aromatic rings. The van der Waals surface area contributed by atoms with E-state index in [0.29, 0.717) is 27.6 Å². The predicted molar refractivity (Wildman–Crippen MR) is 92.0 cm³/mol. The minimum Gasteiger partial charge on any atom is -0.497 e. The molecule has 23 heavy (non-hydrogen) atoms. The van der Waals surface area contributed by atoms with E-state index >= 15 is 0 Å². The van der Waals surface area contributed by atoms with E-state index in [1.54, 1.807) is 31.4 Å². The van der Waals surface area contributed by atoms with Gasteiger partial charge in [0.25, 0.3) is 10.0 Å². The van der Waals surface area contributed by atoms with Crippen molar-refractivity contribution in [3.63, 3.8) is 0 Å². The van der Waals surface area contributed by atoms with Crippen molar-refractivity contribution < 1.29 is 13.2 Å². The number of hydrogen-bond acceptors (Lipinski definition) is 4. The van der Waals surface area contributed by atoms with Crippen molar-refractivity contribution in [1.82, 2.24) is 4.72 Å². The molecule has 0 spiro atoms. The Morgan fingerprint density at radius 2 is 1.78 bits per heavy atom. The van der Waals surface area contributed by atoms with Crippen LogP contribution >= 0.6 is 0 Å². The third-order valence-corrected chi connectivity index (χ3v) is 5.98. The lowest BCUT2D eigenvalue weighted by atomic mass is 9.96. The zero-order valence-electron chi connectivity index (χ0n) is 13.5. The summed E-state index contributed by atoms with van der Waals surface area (Å²) in [6.07, 6.45) is 5.66. The monoisotopic (exact) mass is 334 g/mol. The lowest BCUT2D eigenvalue weighted by molar-refractivity contribution is 0.415. The maximum atomic E-state index is 12.5. The number of nitrogens with one attached hydrogen (secondary N) is 1. The summed E-state index contributed by atoms with van der Waals surface area (Å²) < 4.78 is 32.7. The largest absolute Gasteiger partial charge is 0.497 e. The van der Waals surface area contributed by atoms with Crippen molar-refractivity contribution in [2.75, 3.05) is 7.11 Å². The Bertz CT molecular complexity index is 743. The van der Waals surface area contributed by atoms with Gasteiger partial charge >= 0.3 is 0 Å². The molecule has 1 aromatic carbocycles. The molecule has 5 nitrogen and oxygen atoms in total. The zero-order chi connectivity index (χ0) is 16.4. The summed E-state index contributed by atoms with van der Waals surface area (Å²) in [4.78, 5) is 4.98. The summed E-state index contributed by atoms with van der Waals surface area (Å²) in [6.45, 7) is 1.82. The highest BCUT2D eigenvalue weighted by atomic mass is 32.2. The molecule has 1 heterocycles. The fourth-order valence-corrected chi connectivity index (χ4v) is 4.70. The second kappa shape index (κ2) is 6.35. The normalized spacial score (nSPS) is 23.1. The molecular formula is C17H22N2O3S. The molecule has 0 amide bonds. The first-order chi connectivity index (χ1) is 11.0. The molecule has 1 aliphatic carbocycles. The van der Waals surface area contributed by atoms with Crippen LogP contribution in [0.15, 0.2) is 34.8 Å². The molecule has 1 fully saturated rings. The molecular weight excluding hydrogens is 312 g/mol. The van der Waals surface area contributed by atoms with Crippen LogP contribution in [0.5, 0.6) is 5.75 Å².